The van der Waals surface area contributed by atoms with Crippen LogP contribution in [-0.2, 0) is 17.2 Å². The summed E-state index contributed by atoms with van der Waals surface area (Å²) in [6.07, 6.45) is 0. The molecule has 4 nitrogen and oxygen atoms in total. The summed E-state index contributed by atoms with van der Waals surface area (Å²) >= 11 is 11.7. The highest BCUT2D eigenvalue weighted by Gasteiger charge is 2.16. The first-order chi connectivity index (χ1) is 9.17. The molecule has 0 spiro atoms. The third-order valence-corrected chi connectivity index (χ3v) is 3.11. The van der Waals surface area contributed by atoms with Crippen molar-refractivity contribution < 1.29 is 9.13 Å². The molecule has 1 aromatic heterocycles. The van der Waals surface area contributed by atoms with Gasteiger partial charge < -0.3 is 9.30 Å². The van der Waals surface area contributed by atoms with E-state index in [2.05, 4.69) is 10.2 Å². The summed E-state index contributed by atoms with van der Waals surface area (Å²) in [4.78, 5) is 0. The second-order valence-electron chi connectivity index (χ2n) is 3.84. The average molecular weight is 304 g/mol. The highest BCUT2D eigenvalue weighted by molar-refractivity contribution is 6.30. The Bertz CT molecular complexity index is 574. The number of aromatic nitrogens is 3. The van der Waals surface area contributed by atoms with E-state index in [-0.39, 0.29) is 5.88 Å². The molecule has 0 unspecified atom stereocenters. The number of hydrogen-bond donors (Lipinski definition) is 0. The van der Waals surface area contributed by atoms with Gasteiger partial charge in [-0.1, -0.05) is 11.6 Å². The first-order valence-electron chi connectivity index (χ1n) is 5.59. The van der Waals surface area contributed by atoms with Crippen molar-refractivity contribution in [3.05, 3.63) is 34.9 Å². The lowest BCUT2D eigenvalue weighted by Crippen LogP contribution is -2.09. The Morgan fingerprint density at radius 1 is 1.37 bits per heavy atom. The van der Waals surface area contributed by atoms with Crippen LogP contribution in [0.5, 0.6) is 0 Å². The van der Waals surface area contributed by atoms with E-state index in [9.17, 15) is 4.39 Å². The number of alkyl halides is 1. The lowest BCUT2D eigenvalue weighted by atomic mass is 10.2. The number of rotatable bonds is 5. The second-order valence-corrected chi connectivity index (χ2v) is 4.55. The number of ether oxygens (including phenoxy) is 1. The number of methoxy groups -OCH3 is 1. The van der Waals surface area contributed by atoms with Gasteiger partial charge in [-0.2, -0.15) is 0 Å². The quantitative estimate of drug-likeness (QED) is 0.797. The predicted molar refractivity (Wildman–Crippen MR) is 71.9 cm³/mol. The van der Waals surface area contributed by atoms with E-state index in [1.807, 2.05) is 0 Å². The van der Waals surface area contributed by atoms with E-state index in [4.69, 9.17) is 27.9 Å². The van der Waals surface area contributed by atoms with E-state index in [0.717, 1.165) is 0 Å². The third kappa shape index (κ3) is 3.05. The molecule has 0 saturated heterocycles. The maximum Gasteiger partial charge on any atom is 0.167 e. The smallest absolute Gasteiger partial charge is 0.167 e. The SMILES string of the molecule is COCCn1c(CCl)nnc1-c1cc(Cl)ccc1F. The zero-order valence-electron chi connectivity index (χ0n) is 10.2. The number of halogens is 3. The monoisotopic (exact) mass is 303 g/mol. The normalized spacial score (nSPS) is 10.9. The number of hydrogen-bond acceptors (Lipinski definition) is 3. The first kappa shape index (κ1) is 14.2. The Hall–Kier alpha value is -1.17. The third-order valence-electron chi connectivity index (χ3n) is 2.64. The molecule has 0 amide bonds. The van der Waals surface area contributed by atoms with Gasteiger partial charge in [-0.3, -0.25) is 0 Å². The Kier molecular flexibility index (Phi) is 4.74. The molecule has 0 aliphatic heterocycles. The summed E-state index contributed by atoms with van der Waals surface area (Å²) in [5, 5.41) is 8.37. The summed E-state index contributed by atoms with van der Waals surface area (Å²) < 4.78 is 20.6. The average Bonchev–Trinajstić information content (AvgIpc) is 2.81. The zero-order chi connectivity index (χ0) is 13.8. The van der Waals surface area contributed by atoms with Gasteiger partial charge in [0.15, 0.2) is 5.82 Å². The largest absolute Gasteiger partial charge is 0.383 e. The highest BCUT2D eigenvalue weighted by atomic mass is 35.5. The molecule has 1 heterocycles. The molecule has 0 bridgehead atoms. The van der Waals surface area contributed by atoms with Crippen LogP contribution in [0, 0.1) is 5.82 Å². The van der Waals surface area contributed by atoms with Gasteiger partial charge in [0.1, 0.15) is 11.6 Å². The van der Waals surface area contributed by atoms with Gasteiger partial charge in [0, 0.05) is 18.7 Å². The van der Waals surface area contributed by atoms with Gasteiger partial charge in [-0.25, -0.2) is 4.39 Å². The summed E-state index contributed by atoms with van der Waals surface area (Å²) in [7, 11) is 1.59. The second kappa shape index (κ2) is 6.32. The highest BCUT2D eigenvalue weighted by Crippen LogP contribution is 2.25. The maximum absolute atomic E-state index is 13.9. The van der Waals surface area contributed by atoms with E-state index >= 15 is 0 Å². The van der Waals surface area contributed by atoms with Crippen molar-refractivity contribution in [2.45, 2.75) is 12.4 Å². The minimum absolute atomic E-state index is 0.193. The van der Waals surface area contributed by atoms with E-state index in [0.29, 0.717) is 35.4 Å². The van der Waals surface area contributed by atoms with Crippen LogP contribution in [0.15, 0.2) is 18.2 Å². The molecule has 0 atom stereocenters. The molecule has 7 heteroatoms. The van der Waals surface area contributed by atoms with Crippen molar-refractivity contribution in [2.75, 3.05) is 13.7 Å². The Balaban J connectivity index is 2.49. The molecule has 0 aliphatic rings. The summed E-state index contributed by atoms with van der Waals surface area (Å²) in [6, 6.07) is 4.30. The Labute approximate surface area is 120 Å². The van der Waals surface area contributed by atoms with Gasteiger partial charge in [0.2, 0.25) is 0 Å². The Morgan fingerprint density at radius 3 is 2.84 bits per heavy atom. The minimum atomic E-state index is -0.406. The lowest BCUT2D eigenvalue weighted by molar-refractivity contribution is 0.187. The molecule has 2 aromatic rings. The molecule has 0 radical (unpaired) electrons. The van der Waals surface area contributed by atoms with Crippen LogP contribution in [0.4, 0.5) is 4.39 Å². The molecule has 1 aromatic carbocycles. The van der Waals surface area contributed by atoms with Gasteiger partial charge in [-0.05, 0) is 18.2 Å². The standard InChI is InChI=1S/C12H12Cl2FN3O/c1-19-5-4-18-11(7-13)16-17-12(18)9-6-8(14)2-3-10(9)15/h2-3,6H,4-5,7H2,1H3. The molecule has 2 rings (SSSR count). The van der Waals surface area contributed by atoms with Gasteiger partial charge >= 0.3 is 0 Å². The van der Waals surface area contributed by atoms with Crippen molar-refractivity contribution >= 4 is 23.2 Å². The molecule has 0 N–H and O–H groups in total. The van der Waals surface area contributed by atoms with Crippen LogP contribution in [0.1, 0.15) is 5.82 Å². The zero-order valence-corrected chi connectivity index (χ0v) is 11.7. The van der Waals surface area contributed by atoms with Crippen LogP contribution < -0.4 is 0 Å². The van der Waals surface area contributed by atoms with E-state index < -0.39 is 5.82 Å². The Morgan fingerprint density at radius 2 is 2.16 bits per heavy atom. The van der Waals surface area contributed by atoms with E-state index in [1.165, 1.54) is 18.2 Å². The number of nitrogens with zero attached hydrogens (tertiary/aromatic N) is 3. The molecule has 0 aliphatic carbocycles. The fourth-order valence-corrected chi connectivity index (χ4v) is 2.09. The van der Waals surface area contributed by atoms with Crippen molar-refractivity contribution in [3.8, 4) is 11.4 Å². The van der Waals surface area contributed by atoms with Crippen molar-refractivity contribution in [3.63, 3.8) is 0 Å². The molecule has 0 saturated carbocycles. The van der Waals surface area contributed by atoms with Crippen molar-refractivity contribution in [2.24, 2.45) is 0 Å². The molecule has 19 heavy (non-hydrogen) atoms. The van der Waals surface area contributed by atoms with Gasteiger partial charge in [-0.15, -0.1) is 21.8 Å². The van der Waals surface area contributed by atoms with Gasteiger partial charge in [0.05, 0.1) is 18.1 Å². The number of benzene rings is 1. The molecule has 0 fully saturated rings. The van der Waals surface area contributed by atoms with Crippen molar-refractivity contribution in [1.29, 1.82) is 0 Å². The van der Waals surface area contributed by atoms with Crippen molar-refractivity contribution in [1.82, 2.24) is 14.8 Å². The lowest BCUT2D eigenvalue weighted by Gasteiger charge is -2.09. The summed E-state index contributed by atoms with van der Waals surface area (Å²) in [6.45, 7) is 0.948. The molecular weight excluding hydrogens is 292 g/mol. The van der Waals surface area contributed by atoms with Crippen LogP contribution in [-0.4, -0.2) is 28.5 Å². The topological polar surface area (TPSA) is 39.9 Å². The summed E-state index contributed by atoms with van der Waals surface area (Å²) in [5.74, 6) is 0.746. The molecule has 102 valence electrons. The van der Waals surface area contributed by atoms with Crippen LogP contribution >= 0.6 is 23.2 Å². The summed E-state index contributed by atoms with van der Waals surface area (Å²) in [5.41, 5.74) is 0.299. The van der Waals surface area contributed by atoms with Crippen LogP contribution in [0.2, 0.25) is 5.02 Å². The molecular formula is C12H12Cl2FN3O. The first-order valence-corrected chi connectivity index (χ1v) is 6.51. The van der Waals surface area contributed by atoms with Crippen LogP contribution in [0.25, 0.3) is 11.4 Å². The van der Waals surface area contributed by atoms with E-state index in [1.54, 1.807) is 11.7 Å². The maximum atomic E-state index is 13.9. The fourth-order valence-electron chi connectivity index (χ4n) is 1.72. The predicted octanol–water partition coefficient (Wildman–Crippen LogP) is 3.12. The minimum Gasteiger partial charge on any atom is -0.383 e. The van der Waals surface area contributed by atoms with Gasteiger partial charge in [0.25, 0.3) is 0 Å². The fraction of sp³-hybridized carbons (Fsp3) is 0.333. The van der Waals surface area contributed by atoms with Crippen LogP contribution in [0.3, 0.4) is 0 Å².